The quantitative estimate of drug-likeness (QED) is 0.743. The molecule has 2 amide bonds. The normalized spacial score (nSPS) is 10.2. The van der Waals surface area contributed by atoms with Crippen molar-refractivity contribution in [3.8, 4) is 11.8 Å². The summed E-state index contributed by atoms with van der Waals surface area (Å²) in [4.78, 5) is 16.0. The monoisotopic (exact) mass is 349 g/mol. The first kappa shape index (κ1) is 17.2. The highest BCUT2D eigenvalue weighted by molar-refractivity contribution is 5.73. The third-order valence-electron chi connectivity index (χ3n) is 3.78. The molecule has 130 valence electrons. The molecule has 1 aromatic heterocycles. The summed E-state index contributed by atoms with van der Waals surface area (Å²) in [7, 11) is 0. The van der Waals surface area contributed by atoms with Gasteiger partial charge in [0.2, 0.25) is 0 Å². The minimum absolute atomic E-state index is 0.00225. The third kappa shape index (κ3) is 4.24. The zero-order chi connectivity index (χ0) is 18.4. The van der Waals surface area contributed by atoms with Crippen LogP contribution in [0.2, 0.25) is 0 Å². The highest BCUT2D eigenvalue weighted by atomic mass is 19.1. The van der Waals surface area contributed by atoms with Crippen molar-refractivity contribution in [2.24, 2.45) is 0 Å². The number of imidazole rings is 1. The summed E-state index contributed by atoms with van der Waals surface area (Å²) in [6.45, 7) is 0.331. The first-order valence-electron chi connectivity index (χ1n) is 7.93. The van der Waals surface area contributed by atoms with Gasteiger partial charge in [-0.15, -0.1) is 0 Å². The molecule has 2 N–H and O–H groups in total. The molecule has 0 unspecified atom stereocenters. The molecule has 2 aromatic carbocycles. The van der Waals surface area contributed by atoms with Crippen molar-refractivity contribution in [2.75, 3.05) is 0 Å². The standard InChI is InChI=1S/C19H16FN5O/c20-18-5-4-14(10-21)8-16(18)12-24-19(26)23-11-15-2-1-3-17(9-15)25-7-6-22-13-25/h1-9,13H,11-12H2,(H2,23,24,26). The fourth-order valence-corrected chi connectivity index (χ4v) is 2.44. The number of halogens is 1. The lowest BCUT2D eigenvalue weighted by Crippen LogP contribution is -2.34. The summed E-state index contributed by atoms with van der Waals surface area (Å²) >= 11 is 0. The lowest BCUT2D eigenvalue weighted by Gasteiger charge is -2.10. The zero-order valence-corrected chi connectivity index (χ0v) is 13.8. The molecule has 3 aromatic rings. The van der Waals surface area contributed by atoms with E-state index in [0.717, 1.165) is 11.3 Å². The smallest absolute Gasteiger partial charge is 0.315 e. The summed E-state index contributed by atoms with van der Waals surface area (Å²) in [6.07, 6.45) is 5.23. The summed E-state index contributed by atoms with van der Waals surface area (Å²) < 4.78 is 15.6. The van der Waals surface area contributed by atoms with Crippen molar-refractivity contribution < 1.29 is 9.18 Å². The molecule has 0 radical (unpaired) electrons. The molecule has 0 saturated heterocycles. The summed E-state index contributed by atoms with van der Waals surface area (Å²) in [6, 6.07) is 13.2. The Labute approximate surface area is 149 Å². The van der Waals surface area contributed by atoms with Gasteiger partial charge >= 0.3 is 6.03 Å². The number of urea groups is 1. The molecule has 1 heterocycles. The van der Waals surface area contributed by atoms with E-state index in [2.05, 4.69) is 15.6 Å². The van der Waals surface area contributed by atoms with Gasteiger partial charge < -0.3 is 15.2 Å². The van der Waals surface area contributed by atoms with E-state index in [1.165, 1.54) is 18.2 Å². The van der Waals surface area contributed by atoms with Crippen LogP contribution >= 0.6 is 0 Å². The molecular formula is C19H16FN5O. The molecule has 6 nitrogen and oxygen atoms in total. The molecule has 0 atom stereocenters. The van der Waals surface area contributed by atoms with Gasteiger partial charge in [0.25, 0.3) is 0 Å². The van der Waals surface area contributed by atoms with E-state index < -0.39 is 11.8 Å². The van der Waals surface area contributed by atoms with E-state index in [4.69, 9.17) is 5.26 Å². The van der Waals surface area contributed by atoms with Crippen LogP contribution in [0, 0.1) is 17.1 Å². The van der Waals surface area contributed by atoms with Crippen LogP contribution in [0.25, 0.3) is 5.69 Å². The minimum Gasteiger partial charge on any atom is -0.334 e. The van der Waals surface area contributed by atoms with Crippen LogP contribution in [0.4, 0.5) is 9.18 Å². The maximum absolute atomic E-state index is 13.7. The molecule has 0 aliphatic heterocycles. The molecule has 0 saturated carbocycles. The number of nitriles is 1. The van der Waals surface area contributed by atoms with Gasteiger partial charge in [-0.3, -0.25) is 0 Å². The molecule has 0 fully saturated rings. The van der Waals surface area contributed by atoms with Gasteiger partial charge in [0.05, 0.1) is 18.0 Å². The topological polar surface area (TPSA) is 82.7 Å². The van der Waals surface area contributed by atoms with Gasteiger partial charge in [-0.25, -0.2) is 14.2 Å². The van der Waals surface area contributed by atoms with E-state index >= 15 is 0 Å². The van der Waals surface area contributed by atoms with Crippen molar-refractivity contribution in [3.63, 3.8) is 0 Å². The molecule has 0 aliphatic rings. The van der Waals surface area contributed by atoms with Gasteiger partial charge in [-0.05, 0) is 35.9 Å². The van der Waals surface area contributed by atoms with Crippen molar-refractivity contribution >= 4 is 6.03 Å². The number of benzene rings is 2. The Bertz CT molecular complexity index is 947. The second kappa shape index (κ2) is 7.94. The van der Waals surface area contributed by atoms with Crippen LogP contribution in [-0.2, 0) is 13.1 Å². The second-order valence-electron chi connectivity index (χ2n) is 5.59. The Hall–Kier alpha value is -3.66. The maximum atomic E-state index is 13.7. The fourth-order valence-electron chi connectivity index (χ4n) is 2.44. The van der Waals surface area contributed by atoms with Gasteiger partial charge in [0.15, 0.2) is 0 Å². The Balaban J connectivity index is 1.55. The van der Waals surface area contributed by atoms with E-state index in [-0.39, 0.29) is 12.1 Å². The molecule has 0 aliphatic carbocycles. The van der Waals surface area contributed by atoms with Crippen LogP contribution in [0.15, 0.2) is 61.2 Å². The molecule has 0 spiro atoms. The first-order valence-corrected chi connectivity index (χ1v) is 7.93. The largest absolute Gasteiger partial charge is 0.334 e. The highest BCUT2D eigenvalue weighted by Crippen LogP contribution is 2.11. The number of aromatic nitrogens is 2. The molecule has 0 bridgehead atoms. The van der Waals surface area contributed by atoms with Crippen molar-refractivity contribution in [1.29, 1.82) is 5.26 Å². The van der Waals surface area contributed by atoms with E-state index in [1.807, 2.05) is 41.1 Å². The predicted octanol–water partition coefficient (Wildman–Crippen LogP) is 2.88. The average molecular weight is 349 g/mol. The third-order valence-corrected chi connectivity index (χ3v) is 3.78. The van der Waals surface area contributed by atoms with Gasteiger partial charge in [-0.2, -0.15) is 5.26 Å². The Morgan fingerprint density at radius 3 is 2.81 bits per heavy atom. The van der Waals surface area contributed by atoms with Crippen LogP contribution in [0.5, 0.6) is 0 Å². The fraction of sp³-hybridized carbons (Fsp3) is 0.105. The van der Waals surface area contributed by atoms with Crippen LogP contribution in [-0.4, -0.2) is 15.6 Å². The Kier molecular flexibility index (Phi) is 5.25. The number of hydrogen-bond donors (Lipinski definition) is 2. The lowest BCUT2D eigenvalue weighted by atomic mass is 10.1. The number of nitrogens with zero attached hydrogens (tertiary/aromatic N) is 3. The number of hydrogen-bond acceptors (Lipinski definition) is 3. The van der Waals surface area contributed by atoms with E-state index in [0.29, 0.717) is 12.1 Å². The Morgan fingerprint density at radius 1 is 1.19 bits per heavy atom. The number of nitrogens with one attached hydrogen (secondary N) is 2. The van der Waals surface area contributed by atoms with Crippen molar-refractivity contribution in [1.82, 2.24) is 20.2 Å². The van der Waals surface area contributed by atoms with Crippen LogP contribution in [0.1, 0.15) is 16.7 Å². The van der Waals surface area contributed by atoms with Crippen LogP contribution in [0.3, 0.4) is 0 Å². The minimum atomic E-state index is -0.461. The maximum Gasteiger partial charge on any atom is 0.315 e. The van der Waals surface area contributed by atoms with Crippen molar-refractivity contribution in [3.05, 3.63) is 83.7 Å². The summed E-state index contributed by atoms with van der Waals surface area (Å²) in [5, 5.41) is 14.2. The zero-order valence-electron chi connectivity index (χ0n) is 13.8. The number of rotatable bonds is 5. The number of amides is 2. The number of carbonyl (C=O) groups is 1. The second-order valence-corrected chi connectivity index (χ2v) is 5.59. The van der Waals surface area contributed by atoms with Crippen molar-refractivity contribution in [2.45, 2.75) is 13.1 Å². The highest BCUT2D eigenvalue weighted by Gasteiger charge is 2.06. The molecule has 7 heteroatoms. The Morgan fingerprint density at radius 2 is 2.04 bits per heavy atom. The average Bonchev–Trinajstić information content (AvgIpc) is 3.21. The first-order chi connectivity index (χ1) is 12.7. The van der Waals surface area contributed by atoms with E-state index in [9.17, 15) is 9.18 Å². The van der Waals surface area contributed by atoms with Gasteiger partial charge in [0, 0.05) is 36.7 Å². The van der Waals surface area contributed by atoms with Gasteiger partial charge in [0.1, 0.15) is 5.82 Å². The molecular weight excluding hydrogens is 333 g/mol. The number of carbonyl (C=O) groups excluding carboxylic acids is 1. The predicted molar refractivity (Wildman–Crippen MR) is 93.8 cm³/mol. The van der Waals surface area contributed by atoms with E-state index in [1.54, 1.807) is 12.5 Å². The van der Waals surface area contributed by atoms with Gasteiger partial charge in [-0.1, -0.05) is 12.1 Å². The molecule has 3 rings (SSSR count). The SMILES string of the molecule is N#Cc1ccc(F)c(CNC(=O)NCc2cccc(-n3ccnc3)c2)c1. The van der Waals surface area contributed by atoms with Crippen LogP contribution < -0.4 is 10.6 Å². The molecule has 26 heavy (non-hydrogen) atoms. The summed E-state index contributed by atoms with van der Waals surface area (Å²) in [5.41, 5.74) is 2.47. The lowest BCUT2D eigenvalue weighted by molar-refractivity contribution is 0.240. The summed E-state index contributed by atoms with van der Waals surface area (Å²) in [5.74, 6) is -0.461.